The number of carbonyl (C=O) groups is 1. The summed E-state index contributed by atoms with van der Waals surface area (Å²) in [5.74, 6) is 0.500. The molecule has 0 atom stereocenters. The first-order chi connectivity index (χ1) is 16.5. The summed E-state index contributed by atoms with van der Waals surface area (Å²) in [7, 11) is 0. The zero-order valence-electron chi connectivity index (χ0n) is 19.9. The van der Waals surface area contributed by atoms with E-state index in [0.29, 0.717) is 54.0 Å². The minimum atomic E-state index is -0.451. The van der Waals surface area contributed by atoms with E-state index < -0.39 is 5.91 Å². The molecule has 1 aliphatic rings. The van der Waals surface area contributed by atoms with Crippen LogP contribution in [-0.4, -0.2) is 43.9 Å². The van der Waals surface area contributed by atoms with Gasteiger partial charge in [-0.2, -0.15) is 0 Å². The molecular weight excluding hydrogens is 457 g/mol. The van der Waals surface area contributed by atoms with Gasteiger partial charge in [0, 0.05) is 24.3 Å². The van der Waals surface area contributed by atoms with Crippen LogP contribution in [0, 0.1) is 5.82 Å². The van der Waals surface area contributed by atoms with E-state index in [1.54, 1.807) is 24.3 Å². The standard InChI is InChI=1S/C25H32FN3O4S/c1-4-31-21-14-17(15-22(32-5-2)23(21)33-6-3)24(30)28-25(34)27-18-10-11-20(19(26)16-18)29-12-8-7-9-13-29/h10-11,14-16H,4-9,12-13H2,1-3H3,(H2,27,28,30,34). The fourth-order valence-corrected chi connectivity index (χ4v) is 4.04. The summed E-state index contributed by atoms with van der Waals surface area (Å²) < 4.78 is 31.7. The van der Waals surface area contributed by atoms with Crippen molar-refractivity contribution in [2.45, 2.75) is 40.0 Å². The smallest absolute Gasteiger partial charge is 0.257 e. The molecule has 1 aliphatic heterocycles. The Balaban J connectivity index is 1.71. The fraction of sp³-hybridized carbons (Fsp3) is 0.440. The number of anilines is 2. The van der Waals surface area contributed by atoms with Crippen molar-refractivity contribution in [3.63, 3.8) is 0 Å². The van der Waals surface area contributed by atoms with Crippen LogP contribution in [0.4, 0.5) is 15.8 Å². The van der Waals surface area contributed by atoms with Gasteiger partial charge in [0.1, 0.15) is 5.82 Å². The van der Waals surface area contributed by atoms with E-state index >= 15 is 0 Å². The Morgan fingerprint density at radius 3 is 2.15 bits per heavy atom. The molecule has 0 aliphatic carbocycles. The number of nitrogens with one attached hydrogen (secondary N) is 2. The number of hydrogen-bond donors (Lipinski definition) is 2. The topological polar surface area (TPSA) is 72.1 Å². The highest BCUT2D eigenvalue weighted by atomic mass is 32.1. The molecule has 3 rings (SSSR count). The highest BCUT2D eigenvalue weighted by molar-refractivity contribution is 7.80. The molecule has 34 heavy (non-hydrogen) atoms. The second kappa shape index (κ2) is 12.4. The molecule has 0 saturated carbocycles. The first kappa shape index (κ1) is 25.6. The lowest BCUT2D eigenvalue weighted by Crippen LogP contribution is -2.34. The molecule has 0 spiro atoms. The average molecular weight is 490 g/mol. The van der Waals surface area contributed by atoms with Crippen LogP contribution in [0.15, 0.2) is 30.3 Å². The maximum atomic E-state index is 14.7. The van der Waals surface area contributed by atoms with Gasteiger partial charge in [0.05, 0.1) is 25.5 Å². The minimum absolute atomic E-state index is 0.0555. The normalized spacial score (nSPS) is 13.2. The third-order valence-electron chi connectivity index (χ3n) is 5.30. The van der Waals surface area contributed by atoms with Crippen molar-refractivity contribution in [3.05, 3.63) is 41.7 Å². The average Bonchev–Trinajstić information content (AvgIpc) is 2.82. The Morgan fingerprint density at radius 2 is 1.59 bits per heavy atom. The molecule has 2 aromatic rings. The Kier molecular flexibility index (Phi) is 9.33. The third-order valence-corrected chi connectivity index (χ3v) is 5.50. The number of amides is 1. The summed E-state index contributed by atoms with van der Waals surface area (Å²) in [6, 6.07) is 8.05. The second-order valence-electron chi connectivity index (χ2n) is 7.72. The van der Waals surface area contributed by atoms with Gasteiger partial charge in [-0.3, -0.25) is 10.1 Å². The molecule has 2 N–H and O–H groups in total. The van der Waals surface area contributed by atoms with E-state index in [4.69, 9.17) is 26.4 Å². The van der Waals surface area contributed by atoms with Gasteiger partial charge < -0.3 is 24.4 Å². The lowest BCUT2D eigenvalue weighted by Gasteiger charge is -2.29. The molecule has 1 fully saturated rings. The van der Waals surface area contributed by atoms with Crippen molar-refractivity contribution in [2.24, 2.45) is 0 Å². The maximum absolute atomic E-state index is 14.7. The number of ether oxygens (including phenoxy) is 3. The lowest BCUT2D eigenvalue weighted by molar-refractivity contribution is 0.0976. The first-order valence-corrected chi connectivity index (χ1v) is 12.1. The number of rotatable bonds is 9. The Bertz CT molecular complexity index is 985. The molecule has 0 radical (unpaired) electrons. The van der Waals surface area contributed by atoms with Gasteiger partial charge in [-0.15, -0.1) is 0 Å². The van der Waals surface area contributed by atoms with Crippen LogP contribution in [0.25, 0.3) is 0 Å². The number of piperidine rings is 1. The summed E-state index contributed by atoms with van der Waals surface area (Å²) in [6.45, 7) is 8.48. The number of carbonyl (C=O) groups excluding carboxylic acids is 1. The largest absolute Gasteiger partial charge is 0.490 e. The highest BCUT2D eigenvalue weighted by Gasteiger charge is 2.19. The second-order valence-corrected chi connectivity index (χ2v) is 8.13. The van der Waals surface area contributed by atoms with Crippen LogP contribution >= 0.6 is 12.2 Å². The molecule has 1 amide bonds. The van der Waals surface area contributed by atoms with E-state index in [1.807, 2.05) is 20.8 Å². The quantitative estimate of drug-likeness (QED) is 0.473. The van der Waals surface area contributed by atoms with Crippen molar-refractivity contribution in [3.8, 4) is 17.2 Å². The molecule has 2 aromatic carbocycles. The molecule has 7 nitrogen and oxygen atoms in total. The van der Waals surface area contributed by atoms with E-state index in [-0.39, 0.29) is 10.9 Å². The van der Waals surface area contributed by atoms with Crippen molar-refractivity contribution >= 4 is 34.6 Å². The summed E-state index contributed by atoms with van der Waals surface area (Å²) in [5, 5.41) is 5.56. The third kappa shape index (κ3) is 6.50. The van der Waals surface area contributed by atoms with Gasteiger partial charge in [0.2, 0.25) is 5.75 Å². The van der Waals surface area contributed by atoms with Crippen LogP contribution in [0.1, 0.15) is 50.4 Å². The van der Waals surface area contributed by atoms with Gasteiger partial charge in [0.25, 0.3) is 5.91 Å². The number of halogens is 1. The van der Waals surface area contributed by atoms with Crippen molar-refractivity contribution in [1.29, 1.82) is 0 Å². The monoisotopic (exact) mass is 489 g/mol. The first-order valence-electron chi connectivity index (χ1n) is 11.7. The Morgan fingerprint density at radius 1 is 0.971 bits per heavy atom. The minimum Gasteiger partial charge on any atom is -0.490 e. The van der Waals surface area contributed by atoms with Gasteiger partial charge in [-0.1, -0.05) is 0 Å². The molecule has 0 aromatic heterocycles. The Labute approximate surface area is 205 Å². The van der Waals surface area contributed by atoms with Crippen LogP contribution < -0.4 is 29.7 Å². The van der Waals surface area contributed by atoms with Crippen LogP contribution in [0.5, 0.6) is 17.2 Å². The molecule has 184 valence electrons. The van der Waals surface area contributed by atoms with Crippen molar-refractivity contribution in [1.82, 2.24) is 5.32 Å². The van der Waals surface area contributed by atoms with E-state index in [9.17, 15) is 9.18 Å². The maximum Gasteiger partial charge on any atom is 0.257 e. The number of hydrogen-bond acceptors (Lipinski definition) is 6. The van der Waals surface area contributed by atoms with Gasteiger partial charge in [-0.05, 0) is 82.6 Å². The predicted molar refractivity (Wildman–Crippen MR) is 136 cm³/mol. The molecule has 1 heterocycles. The SMILES string of the molecule is CCOc1cc(C(=O)NC(=S)Nc2ccc(N3CCCCC3)c(F)c2)cc(OCC)c1OCC. The summed E-state index contributed by atoms with van der Waals surface area (Å²) in [5.41, 5.74) is 1.34. The zero-order valence-corrected chi connectivity index (χ0v) is 20.7. The lowest BCUT2D eigenvalue weighted by atomic mass is 10.1. The van der Waals surface area contributed by atoms with Gasteiger partial charge in [-0.25, -0.2) is 4.39 Å². The van der Waals surface area contributed by atoms with Crippen molar-refractivity contribution < 1.29 is 23.4 Å². The van der Waals surface area contributed by atoms with Crippen LogP contribution in [-0.2, 0) is 0 Å². The summed E-state index contributed by atoms with van der Waals surface area (Å²) in [4.78, 5) is 14.9. The summed E-state index contributed by atoms with van der Waals surface area (Å²) >= 11 is 5.29. The van der Waals surface area contributed by atoms with E-state index in [1.165, 1.54) is 12.5 Å². The van der Waals surface area contributed by atoms with Gasteiger partial charge in [0.15, 0.2) is 16.6 Å². The van der Waals surface area contributed by atoms with E-state index in [2.05, 4.69) is 15.5 Å². The molecule has 1 saturated heterocycles. The highest BCUT2D eigenvalue weighted by Crippen LogP contribution is 2.39. The number of benzene rings is 2. The van der Waals surface area contributed by atoms with Crippen LogP contribution in [0.3, 0.4) is 0 Å². The molecular formula is C25H32FN3O4S. The van der Waals surface area contributed by atoms with Crippen molar-refractivity contribution in [2.75, 3.05) is 43.1 Å². The fourth-order valence-electron chi connectivity index (χ4n) is 3.83. The molecule has 0 bridgehead atoms. The molecule has 9 heteroatoms. The Hall–Kier alpha value is -3.07. The predicted octanol–water partition coefficient (Wildman–Crippen LogP) is 5.14. The van der Waals surface area contributed by atoms with Crippen LogP contribution in [0.2, 0.25) is 0 Å². The van der Waals surface area contributed by atoms with Gasteiger partial charge >= 0.3 is 0 Å². The number of nitrogens with zero attached hydrogens (tertiary/aromatic N) is 1. The molecule has 0 unspecified atom stereocenters. The zero-order chi connectivity index (χ0) is 24.5. The van der Waals surface area contributed by atoms with E-state index in [0.717, 1.165) is 25.9 Å². The summed E-state index contributed by atoms with van der Waals surface area (Å²) in [6.07, 6.45) is 3.31. The number of thiocarbonyl (C=S) groups is 1.